The SMILES string of the molecule is Cc1cccc(Oc2ccc(NC(=O)[C@@H]3CC(=O)N([C@H](C)c4ccccc4)C3)cc2)c1C. The van der Waals surface area contributed by atoms with Gasteiger partial charge in [0.15, 0.2) is 0 Å². The average molecular weight is 429 g/mol. The first-order chi connectivity index (χ1) is 15.4. The molecule has 1 aliphatic heterocycles. The highest BCUT2D eigenvalue weighted by atomic mass is 16.5. The van der Waals surface area contributed by atoms with Crippen molar-refractivity contribution in [2.45, 2.75) is 33.2 Å². The van der Waals surface area contributed by atoms with E-state index in [1.54, 1.807) is 4.90 Å². The Balaban J connectivity index is 1.37. The third-order valence-electron chi connectivity index (χ3n) is 6.18. The first-order valence-corrected chi connectivity index (χ1v) is 10.9. The van der Waals surface area contributed by atoms with E-state index in [9.17, 15) is 9.59 Å². The van der Waals surface area contributed by atoms with Crippen molar-refractivity contribution in [3.63, 3.8) is 0 Å². The third kappa shape index (κ3) is 4.67. The van der Waals surface area contributed by atoms with Crippen LogP contribution in [0.4, 0.5) is 5.69 Å². The standard InChI is InChI=1S/C27H28N2O3/c1-18-8-7-11-25(19(18)2)32-24-14-12-23(13-15-24)28-27(31)22-16-26(30)29(17-22)20(3)21-9-5-4-6-10-21/h4-15,20,22H,16-17H2,1-3H3,(H,28,31)/t20-,22-/m1/s1. The van der Waals surface area contributed by atoms with Crippen LogP contribution in [0.1, 0.15) is 36.1 Å². The lowest BCUT2D eigenvalue weighted by atomic mass is 10.1. The molecule has 5 heteroatoms. The first-order valence-electron chi connectivity index (χ1n) is 10.9. The molecule has 1 aliphatic rings. The number of carbonyl (C=O) groups is 2. The van der Waals surface area contributed by atoms with Crippen molar-refractivity contribution >= 4 is 17.5 Å². The van der Waals surface area contributed by atoms with Crippen molar-refractivity contribution in [3.8, 4) is 11.5 Å². The fourth-order valence-corrected chi connectivity index (χ4v) is 4.01. The summed E-state index contributed by atoms with van der Waals surface area (Å²) in [6.07, 6.45) is 0.233. The Morgan fingerprint density at radius 3 is 2.44 bits per heavy atom. The molecule has 0 aromatic heterocycles. The van der Waals surface area contributed by atoms with Crippen LogP contribution < -0.4 is 10.1 Å². The monoisotopic (exact) mass is 428 g/mol. The van der Waals surface area contributed by atoms with Gasteiger partial charge in [-0.25, -0.2) is 0 Å². The molecule has 32 heavy (non-hydrogen) atoms. The van der Waals surface area contributed by atoms with E-state index in [0.717, 1.165) is 16.9 Å². The van der Waals surface area contributed by atoms with Crippen LogP contribution >= 0.6 is 0 Å². The number of ether oxygens (including phenoxy) is 1. The van der Waals surface area contributed by atoms with Crippen molar-refractivity contribution in [1.82, 2.24) is 4.90 Å². The van der Waals surface area contributed by atoms with E-state index in [4.69, 9.17) is 4.74 Å². The van der Waals surface area contributed by atoms with Gasteiger partial charge >= 0.3 is 0 Å². The summed E-state index contributed by atoms with van der Waals surface area (Å²) in [7, 11) is 0. The van der Waals surface area contributed by atoms with Crippen molar-refractivity contribution in [2.75, 3.05) is 11.9 Å². The summed E-state index contributed by atoms with van der Waals surface area (Å²) in [5.41, 5.74) is 4.03. The Morgan fingerprint density at radius 1 is 1.00 bits per heavy atom. The predicted octanol–water partition coefficient (Wildman–Crippen LogP) is 5.64. The van der Waals surface area contributed by atoms with Crippen LogP contribution in [-0.2, 0) is 9.59 Å². The molecule has 4 rings (SSSR count). The molecule has 0 bridgehead atoms. The minimum absolute atomic E-state index is 0.0128. The largest absolute Gasteiger partial charge is 0.457 e. The highest BCUT2D eigenvalue weighted by molar-refractivity contribution is 5.97. The Bertz CT molecular complexity index is 1110. The fraction of sp³-hybridized carbons (Fsp3) is 0.259. The number of hydrogen-bond acceptors (Lipinski definition) is 3. The van der Waals surface area contributed by atoms with Crippen LogP contribution in [0.5, 0.6) is 11.5 Å². The van der Waals surface area contributed by atoms with Gasteiger partial charge < -0.3 is 15.0 Å². The normalized spacial score (nSPS) is 16.7. The van der Waals surface area contributed by atoms with Crippen LogP contribution in [0.15, 0.2) is 72.8 Å². The highest BCUT2D eigenvalue weighted by Crippen LogP contribution is 2.30. The Hall–Kier alpha value is -3.60. The van der Waals surface area contributed by atoms with E-state index >= 15 is 0 Å². The average Bonchev–Trinajstić information content (AvgIpc) is 3.20. The molecule has 2 amide bonds. The van der Waals surface area contributed by atoms with Gasteiger partial charge in [-0.15, -0.1) is 0 Å². The van der Waals surface area contributed by atoms with Gasteiger partial charge in [0.1, 0.15) is 11.5 Å². The van der Waals surface area contributed by atoms with E-state index in [1.165, 1.54) is 5.56 Å². The van der Waals surface area contributed by atoms with Gasteiger partial charge in [-0.1, -0.05) is 42.5 Å². The summed E-state index contributed by atoms with van der Waals surface area (Å²) in [6, 6.07) is 23.1. The summed E-state index contributed by atoms with van der Waals surface area (Å²) in [5, 5.41) is 2.94. The zero-order chi connectivity index (χ0) is 22.7. The summed E-state index contributed by atoms with van der Waals surface area (Å²) in [4.78, 5) is 27.1. The van der Waals surface area contributed by atoms with Gasteiger partial charge in [-0.3, -0.25) is 9.59 Å². The van der Waals surface area contributed by atoms with Gasteiger partial charge in [0.05, 0.1) is 12.0 Å². The lowest BCUT2D eigenvalue weighted by Crippen LogP contribution is -2.30. The third-order valence-corrected chi connectivity index (χ3v) is 6.18. The van der Waals surface area contributed by atoms with E-state index in [0.29, 0.717) is 18.0 Å². The first kappa shape index (κ1) is 21.6. The maximum Gasteiger partial charge on any atom is 0.229 e. The van der Waals surface area contributed by atoms with Crippen LogP contribution in [-0.4, -0.2) is 23.3 Å². The van der Waals surface area contributed by atoms with Crippen LogP contribution in [0, 0.1) is 19.8 Å². The molecule has 5 nitrogen and oxygen atoms in total. The molecule has 1 fully saturated rings. The number of rotatable bonds is 6. The number of nitrogens with one attached hydrogen (secondary N) is 1. The van der Waals surface area contributed by atoms with Gasteiger partial charge in [0.2, 0.25) is 11.8 Å². The number of benzene rings is 3. The van der Waals surface area contributed by atoms with Crippen LogP contribution in [0.25, 0.3) is 0 Å². The minimum Gasteiger partial charge on any atom is -0.457 e. The summed E-state index contributed by atoms with van der Waals surface area (Å²) in [6.45, 7) is 6.51. The second-order valence-electron chi connectivity index (χ2n) is 8.35. The molecular weight excluding hydrogens is 400 g/mol. The van der Waals surface area contributed by atoms with Gasteiger partial charge in [0.25, 0.3) is 0 Å². The predicted molar refractivity (Wildman–Crippen MR) is 126 cm³/mol. The van der Waals surface area contributed by atoms with Gasteiger partial charge in [-0.05, 0) is 67.8 Å². The lowest BCUT2D eigenvalue weighted by Gasteiger charge is -2.25. The maximum absolute atomic E-state index is 12.8. The zero-order valence-electron chi connectivity index (χ0n) is 18.7. The molecule has 1 heterocycles. The summed E-state index contributed by atoms with van der Waals surface area (Å²) < 4.78 is 5.98. The molecule has 0 spiro atoms. The molecule has 0 unspecified atom stereocenters. The molecule has 3 aromatic carbocycles. The molecular formula is C27H28N2O3. The highest BCUT2D eigenvalue weighted by Gasteiger charge is 2.37. The zero-order valence-corrected chi connectivity index (χ0v) is 18.7. The van der Waals surface area contributed by atoms with E-state index in [1.807, 2.05) is 80.6 Å². The number of anilines is 1. The number of nitrogens with zero attached hydrogens (tertiary/aromatic N) is 1. The molecule has 1 N–H and O–H groups in total. The number of aryl methyl sites for hydroxylation is 1. The molecule has 0 radical (unpaired) electrons. The minimum atomic E-state index is -0.362. The molecule has 164 valence electrons. The van der Waals surface area contributed by atoms with Gasteiger partial charge in [0, 0.05) is 18.7 Å². The molecule has 2 atom stereocenters. The molecule has 1 saturated heterocycles. The number of carbonyl (C=O) groups excluding carboxylic acids is 2. The number of amides is 2. The van der Waals surface area contributed by atoms with E-state index in [-0.39, 0.29) is 30.2 Å². The van der Waals surface area contributed by atoms with E-state index in [2.05, 4.69) is 18.3 Å². The molecule has 0 aliphatic carbocycles. The molecule has 0 saturated carbocycles. The van der Waals surface area contributed by atoms with Crippen molar-refractivity contribution in [2.24, 2.45) is 5.92 Å². The Kier molecular flexibility index (Phi) is 6.26. The van der Waals surface area contributed by atoms with Gasteiger partial charge in [-0.2, -0.15) is 0 Å². The lowest BCUT2D eigenvalue weighted by molar-refractivity contribution is -0.129. The second kappa shape index (κ2) is 9.27. The Labute approximate surface area is 189 Å². The quantitative estimate of drug-likeness (QED) is 0.552. The maximum atomic E-state index is 12.8. The van der Waals surface area contributed by atoms with Crippen molar-refractivity contribution in [3.05, 3.63) is 89.5 Å². The van der Waals surface area contributed by atoms with Crippen LogP contribution in [0.2, 0.25) is 0 Å². The number of hydrogen-bond donors (Lipinski definition) is 1. The van der Waals surface area contributed by atoms with Crippen LogP contribution in [0.3, 0.4) is 0 Å². The Morgan fingerprint density at radius 2 is 1.72 bits per heavy atom. The second-order valence-corrected chi connectivity index (χ2v) is 8.35. The fourth-order valence-electron chi connectivity index (χ4n) is 4.01. The topological polar surface area (TPSA) is 58.6 Å². The number of likely N-dealkylation sites (tertiary alicyclic amines) is 1. The molecule has 3 aromatic rings. The summed E-state index contributed by atoms with van der Waals surface area (Å²) in [5.74, 6) is 1.04. The van der Waals surface area contributed by atoms with E-state index < -0.39 is 0 Å². The smallest absolute Gasteiger partial charge is 0.229 e. The summed E-state index contributed by atoms with van der Waals surface area (Å²) >= 11 is 0. The van der Waals surface area contributed by atoms with Crippen molar-refractivity contribution in [1.29, 1.82) is 0 Å². The van der Waals surface area contributed by atoms with Crippen molar-refractivity contribution < 1.29 is 14.3 Å².